The minimum Gasteiger partial charge on any atom is -0.481 e. The molecule has 0 radical (unpaired) electrons. The molecular weight excluding hydrogens is 190 g/mol. The summed E-state index contributed by atoms with van der Waals surface area (Å²) in [6, 6.07) is 2.48. The van der Waals surface area contributed by atoms with Gasteiger partial charge in [-0.2, -0.15) is 0 Å². The van der Waals surface area contributed by atoms with Gasteiger partial charge in [0.2, 0.25) is 5.88 Å². The first-order chi connectivity index (χ1) is 6.60. The molecule has 5 heteroatoms. The van der Waals surface area contributed by atoms with Crippen LogP contribution in [0.5, 0.6) is 5.88 Å². The first-order valence-corrected chi connectivity index (χ1v) is 4.18. The number of hydrogen-bond acceptors (Lipinski definition) is 3. The van der Waals surface area contributed by atoms with E-state index in [1.807, 2.05) is 0 Å². The van der Waals surface area contributed by atoms with Crippen LogP contribution in [-0.4, -0.2) is 18.6 Å². The van der Waals surface area contributed by atoms with E-state index in [4.69, 9.17) is 10.5 Å². The van der Waals surface area contributed by atoms with Crippen LogP contribution in [0.3, 0.4) is 0 Å². The van der Waals surface area contributed by atoms with Crippen molar-refractivity contribution in [2.75, 3.05) is 13.7 Å². The standard InChI is InChI=1S/C9H12F2N2O/c1-14-8-6-7(2-5-13-8)9(10,11)3-4-12/h2,5-6H,3-4,12H2,1H3. The van der Waals surface area contributed by atoms with E-state index >= 15 is 0 Å². The third-order valence-electron chi connectivity index (χ3n) is 1.82. The third kappa shape index (κ3) is 2.38. The van der Waals surface area contributed by atoms with Gasteiger partial charge in [0.25, 0.3) is 5.92 Å². The van der Waals surface area contributed by atoms with Crippen LogP contribution in [0.2, 0.25) is 0 Å². The van der Waals surface area contributed by atoms with Crippen molar-refractivity contribution >= 4 is 0 Å². The molecule has 1 aromatic heterocycles. The van der Waals surface area contributed by atoms with Crippen molar-refractivity contribution in [1.29, 1.82) is 0 Å². The first kappa shape index (κ1) is 10.8. The van der Waals surface area contributed by atoms with Gasteiger partial charge in [-0.3, -0.25) is 0 Å². The molecule has 14 heavy (non-hydrogen) atoms. The number of ether oxygens (including phenoxy) is 1. The lowest BCUT2D eigenvalue weighted by molar-refractivity contribution is -0.0110. The van der Waals surface area contributed by atoms with Gasteiger partial charge >= 0.3 is 0 Å². The highest BCUT2D eigenvalue weighted by Gasteiger charge is 2.30. The zero-order valence-corrected chi connectivity index (χ0v) is 7.84. The van der Waals surface area contributed by atoms with Crippen molar-refractivity contribution in [3.63, 3.8) is 0 Å². The SMILES string of the molecule is COc1cc(C(F)(F)CCN)ccn1. The Bertz CT molecular complexity index is 305. The summed E-state index contributed by atoms with van der Waals surface area (Å²) in [5, 5.41) is 0. The fourth-order valence-corrected chi connectivity index (χ4v) is 1.07. The summed E-state index contributed by atoms with van der Waals surface area (Å²) in [6.45, 7) is -0.0579. The number of nitrogens with zero attached hydrogens (tertiary/aromatic N) is 1. The van der Waals surface area contributed by atoms with Gasteiger partial charge in [-0.05, 0) is 12.6 Å². The Kier molecular flexibility index (Phi) is 3.35. The Morgan fingerprint density at radius 3 is 2.86 bits per heavy atom. The van der Waals surface area contributed by atoms with Crippen LogP contribution in [0.1, 0.15) is 12.0 Å². The molecule has 0 unspecified atom stereocenters. The summed E-state index contributed by atoms with van der Waals surface area (Å²) >= 11 is 0. The van der Waals surface area contributed by atoms with E-state index < -0.39 is 5.92 Å². The number of alkyl halides is 2. The van der Waals surface area contributed by atoms with Crippen molar-refractivity contribution in [3.8, 4) is 5.88 Å². The summed E-state index contributed by atoms with van der Waals surface area (Å²) in [6.07, 6.45) is 0.915. The summed E-state index contributed by atoms with van der Waals surface area (Å²) < 4.78 is 31.4. The lowest BCUT2D eigenvalue weighted by Crippen LogP contribution is -2.18. The van der Waals surface area contributed by atoms with Crippen LogP contribution in [0.25, 0.3) is 0 Å². The molecule has 1 aromatic rings. The molecule has 0 spiro atoms. The van der Waals surface area contributed by atoms with E-state index in [0.29, 0.717) is 0 Å². The molecule has 0 bridgehead atoms. The highest BCUT2D eigenvalue weighted by Crippen LogP contribution is 2.31. The number of halogens is 2. The average Bonchev–Trinajstić information content (AvgIpc) is 2.18. The number of hydrogen-bond donors (Lipinski definition) is 1. The minimum absolute atomic E-state index is 0.0579. The number of aromatic nitrogens is 1. The van der Waals surface area contributed by atoms with Crippen LogP contribution < -0.4 is 10.5 Å². The maximum absolute atomic E-state index is 13.3. The molecule has 0 saturated carbocycles. The zero-order valence-electron chi connectivity index (χ0n) is 7.84. The van der Waals surface area contributed by atoms with E-state index in [-0.39, 0.29) is 24.4 Å². The largest absolute Gasteiger partial charge is 0.481 e. The number of methoxy groups -OCH3 is 1. The second-order valence-electron chi connectivity index (χ2n) is 2.83. The molecular formula is C9H12F2N2O. The molecule has 0 aliphatic rings. The normalized spacial score (nSPS) is 11.4. The van der Waals surface area contributed by atoms with Gasteiger partial charge in [-0.1, -0.05) is 0 Å². The highest BCUT2D eigenvalue weighted by molar-refractivity contribution is 5.24. The van der Waals surface area contributed by atoms with Crippen molar-refractivity contribution in [2.24, 2.45) is 5.73 Å². The molecule has 1 heterocycles. The maximum Gasteiger partial charge on any atom is 0.274 e. The fourth-order valence-electron chi connectivity index (χ4n) is 1.07. The van der Waals surface area contributed by atoms with Crippen molar-refractivity contribution in [2.45, 2.75) is 12.3 Å². The average molecular weight is 202 g/mol. The van der Waals surface area contributed by atoms with Crippen molar-refractivity contribution in [1.82, 2.24) is 4.98 Å². The Labute approximate surface area is 80.9 Å². The predicted octanol–water partition coefficient (Wildman–Crippen LogP) is 1.53. The second kappa shape index (κ2) is 4.32. The summed E-state index contributed by atoms with van der Waals surface area (Å²) in [5.74, 6) is -2.73. The summed E-state index contributed by atoms with van der Waals surface area (Å²) in [7, 11) is 1.38. The number of rotatable bonds is 4. The zero-order chi connectivity index (χ0) is 10.6. The Hall–Kier alpha value is -1.23. The molecule has 1 rings (SSSR count). The molecule has 0 amide bonds. The van der Waals surface area contributed by atoms with E-state index in [0.717, 1.165) is 0 Å². The van der Waals surface area contributed by atoms with E-state index in [9.17, 15) is 8.78 Å². The van der Waals surface area contributed by atoms with Gasteiger partial charge in [0.1, 0.15) is 0 Å². The Morgan fingerprint density at radius 2 is 2.29 bits per heavy atom. The molecule has 78 valence electrons. The number of pyridine rings is 1. The highest BCUT2D eigenvalue weighted by atomic mass is 19.3. The Balaban J connectivity index is 2.93. The van der Waals surface area contributed by atoms with Crippen LogP contribution >= 0.6 is 0 Å². The van der Waals surface area contributed by atoms with Gasteiger partial charge < -0.3 is 10.5 Å². The van der Waals surface area contributed by atoms with Gasteiger partial charge in [0.15, 0.2) is 0 Å². The topological polar surface area (TPSA) is 48.1 Å². The predicted molar refractivity (Wildman–Crippen MR) is 48.4 cm³/mol. The van der Waals surface area contributed by atoms with E-state index in [1.54, 1.807) is 0 Å². The van der Waals surface area contributed by atoms with E-state index in [1.165, 1.54) is 25.4 Å². The fraction of sp³-hybridized carbons (Fsp3) is 0.444. The third-order valence-corrected chi connectivity index (χ3v) is 1.82. The van der Waals surface area contributed by atoms with Gasteiger partial charge in [-0.25, -0.2) is 13.8 Å². The van der Waals surface area contributed by atoms with E-state index in [2.05, 4.69) is 4.98 Å². The Morgan fingerprint density at radius 1 is 1.57 bits per heavy atom. The van der Waals surface area contributed by atoms with Gasteiger partial charge in [0.05, 0.1) is 7.11 Å². The summed E-state index contributed by atoms with van der Waals surface area (Å²) in [4.78, 5) is 3.74. The monoisotopic (exact) mass is 202 g/mol. The molecule has 0 aliphatic heterocycles. The van der Waals surface area contributed by atoms with Crippen LogP contribution in [0.15, 0.2) is 18.3 Å². The quantitative estimate of drug-likeness (QED) is 0.805. The van der Waals surface area contributed by atoms with Crippen molar-refractivity contribution in [3.05, 3.63) is 23.9 Å². The second-order valence-corrected chi connectivity index (χ2v) is 2.83. The lowest BCUT2D eigenvalue weighted by Gasteiger charge is -2.15. The van der Waals surface area contributed by atoms with Crippen molar-refractivity contribution < 1.29 is 13.5 Å². The molecule has 2 N–H and O–H groups in total. The molecule has 0 aromatic carbocycles. The van der Waals surface area contributed by atoms with Gasteiger partial charge in [0, 0.05) is 24.2 Å². The van der Waals surface area contributed by atoms with Gasteiger partial charge in [-0.15, -0.1) is 0 Å². The molecule has 0 atom stereocenters. The molecule has 0 saturated heterocycles. The number of nitrogens with two attached hydrogens (primary N) is 1. The molecule has 0 aliphatic carbocycles. The lowest BCUT2D eigenvalue weighted by atomic mass is 10.1. The summed E-state index contributed by atoms with van der Waals surface area (Å²) in [5.41, 5.74) is 4.98. The van der Waals surface area contributed by atoms with Crippen LogP contribution in [0.4, 0.5) is 8.78 Å². The molecule has 3 nitrogen and oxygen atoms in total. The maximum atomic E-state index is 13.3. The van der Waals surface area contributed by atoms with Crippen LogP contribution in [0, 0.1) is 0 Å². The van der Waals surface area contributed by atoms with Crippen LogP contribution in [-0.2, 0) is 5.92 Å². The molecule has 0 fully saturated rings. The smallest absolute Gasteiger partial charge is 0.274 e. The first-order valence-electron chi connectivity index (χ1n) is 4.18. The minimum atomic E-state index is -2.91.